The van der Waals surface area contributed by atoms with E-state index in [0.29, 0.717) is 22.6 Å². The van der Waals surface area contributed by atoms with Gasteiger partial charge in [-0.3, -0.25) is 20.2 Å². The lowest BCUT2D eigenvalue weighted by atomic mass is 10.0. The van der Waals surface area contributed by atoms with Crippen LogP contribution in [0.5, 0.6) is 5.75 Å². The van der Waals surface area contributed by atoms with Gasteiger partial charge in [0.2, 0.25) is 0 Å². The van der Waals surface area contributed by atoms with Crippen molar-refractivity contribution in [1.82, 2.24) is 4.57 Å². The number of hydrogen-bond donors (Lipinski definition) is 0. The molecule has 0 aliphatic carbocycles. The maximum atomic E-state index is 11.2. The van der Waals surface area contributed by atoms with Gasteiger partial charge in [-0.1, -0.05) is 12.1 Å². The summed E-state index contributed by atoms with van der Waals surface area (Å²) in [5.41, 5.74) is 3.22. The molecule has 3 rings (SSSR count). The summed E-state index contributed by atoms with van der Waals surface area (Å²) in [5.74, 6) is 0.460. The Morgan fingerprint density at radius 3 is 2.35 bits per heavy atom. The van der Waals surface area contributed by atoms with Crippen molar-refractivity contribution in [1.29, 1.82) is 5.26 Å². The van der Waals surface area contributed by atoms with Crippen molar-refractivity contribution in [3.63, 3.8) is 0 Å². The van der Waals surface area contributed by atoms with Crippen LogP contribution in [0, 0.1) is 45.4 Å². The molecule has 0 amide bonds. The van der Waals surface area contributed by atoms with Crippen LogP contribution in [-0.2, 0) is 0 Å². The standard InChI is InChI=1S/C22H18N4O5/c1-14-9-17(10-18(13-23)16-5-4-6-19(11-16)25(27)28)15(2)24(14)21-12-20(26(29)30)7-8-22(21)31-3/h4-12H,1-3H3/b18-10-. The van der Waals surface area contributed by atoms with E-state index in [1.165, 1.54) is 43.5 Å². The van der Waals surface area contributed by atoms with E-state index in [2.05, 4.69) is 6.07 Å². The first-order chi connectivity index (χ1) is 14.8. The number of nitriles is 1. The zero-order chi connectivity index (χ0) is 22.7. The van der Waals surface area contributed by atoms with Gasteiger partial charge in [-0.25, -0.2) is 0 Å². The van der Waals surface area contributed by atoms with E-state index in [1.807, 2.05) is 19.9 Å². The number of allylic oxidation sites excluding steroid dienone is 1. The molecule has 0 aliphatic rings. The van der Waals surface area contributed by atoms with Crippen LogP contribution in [0.1, 0.15) is 22.5 Å². The van der Waals surface area contributed by atoms with Gasteiger partial charge in [0.25, 0.3) is 11.4 Å². The number of benzene rings is 2. The predicted octanol–water partition coefficient (Wildman–Crippen LogP) is 4.98. The molecule has 0 radical (unpaired) electrons. The van der Waals surface area contributed by atoms with Gasteiger partial charge in [0, 0.05) is 35.7 Å². The van der Waals surface area contributed by atoms with E-state index in [1.54, 1.807) is 16.7 Å². The number of rotatable bonds is 6. The van der Waals surface area contributed by atoms with Gasteiger partial charge in [0.15, 0.2) is 0 Å². The van der Waals surface area contributed by atoms with E-state index in [-0.39, 0.29) is 16.9 Å². The van der Waals surface area contributed by atoms with Gasteiger partial charge in [-0.05, 0) is 43.2 Å². The Morgan fingerprint density at radius 1 is 1.06 bits per heavy atom. The fourth-order valence-corrected chi connectivity index (χ4v) is 3.39. The zero-order valence-corrected chi connectivity index (χ0v) is 17.0. The van der Waals surface area contributed by atoms with Crippen LogP contribution < -0.4 is 4.74 Å². The number of non-ortho nitro benzene ring substituents is 2. The fraction of sp³-hybridized carbons (Fsp3) is 0.136. The second-order valence-electron chi connectivity index (χ2n) is 6.75. The topological polar surface area (TPSA) is 124 Å². The number of hydrogen-bond acceptors (Lipinski definition) is 6. The van der Waals surface area contributed by atoms with Crippen LogP contribution in [0.3, 0.4) is 0 Å². The molecule has 0 saturated heterocycles. The monoisotopic (exact) mass is 418 g/mol. The third-order valence-corrected chi connectivity index (χ3v) is 4.87. The average Bonchev–Trinajstić information content (AvgIpc) is 3.04. The van der Waals surface area contributed by atoms with Gasteiger partial charge < -0.3 is 9.30 Å². The van der Waals surface area contributed by atoms with Gasteiger partial charge in [0.05, 0.1) is 34.3 Å². The summed E-state index contributed by atoms with van der Waals surface area (Å²) >= 11 is 0. The van der Waals surface area contributed by atoms with E-state index < -0.39 is 9.85 Å². The van der Waals surface area contributed by atoms with Crippen LogP contribution >= 0.6 is 0 Å². The molecular formula is C22H18N4O5. The molecule has 2 aromatic carbocycles. The van der Waals surface area contributed by atoms with Crippen LogP contribution in [0.15, 0.2) is 48.5 Å². The predicted molar refractivity (Wildman–Crippen MR) is 115 cm³/mol. The molecule has 0 N–H and O–H groups in total. The lowest BCUT2D eigenvalue weighted by Crippen LogP contribution is -2.03. The first kappa shape index (κ1) is 21.3. The number of aromatic nitrogens is 1. The number of ether oxygens (including phenoxy) is 1. The molecule has 0 atom stereocenters. The summed E-state index contributed by atoms with van der Waals surface area (Å²) in [7, 11) is 1.48. The summed E-state index contributed by atoms with van der Waals surface area (Å²) in [6, 6.07) is 14.1. The highest BCUT2D eigenvalue weighted by Gasteiger charge is 2.18. The second kappa shape index (κ2) is 8.51. The smallest absolute Gasteiger partial charge is 0.271 e. The molecule has 0 unspecified atom stereocenters. The number of nitrogens with zero attached hydrogens (tertiary/aromatic N) is 4. The lowest BCUT2D eigenvalue weighted by molar-refractivity contribution is -0.385. The van der Waals surface area contributed by atoms with E-state index in [0.717, 1.165) is 11.4 Å². The first-order valence-electron chi connectivity index (χ1n) is 9.15. The molecule has 9 heteroatoms. The summed E-state index contributed by atoms with van der Waals surface area (Å²) in [4.78, 5) is 21.3. The van der Waals surface area contributed by atoms with Gasteiger partial charge in [0.1, 0.15) is 5.75 Å². The quantitative estimate of drug-likeness (QED) is 0.316. The fourth-order valence-electron chi connectivity index (χ4n) is 3.39. The van der Waals surface area contributed by atoms with Crippen LogP contribution in [0.2, 0.25) is 0 Å². The first-order valence-corrected chi connectivity index (χ1v) is 9.15. The molecule has 1 heterocycles. The van der Waals surface area contributed by atoms with Crippen LogP contribution in [0.4, 0.5) is 11.4 Å². The Balaban J connectivity index is 2.15. The molecule has 3 aromatic rings. The number of methoxy groups -OCH3 is 1. The Labute approximate surface area is 177 Å². The molecular weight excluding hydrogens is 400 g/mol. The molecule has 1 aromatic heterocycles. The van der Waals surface area contributed by atoms with Crippen molar-refractivity contribution in [2.45, 2.75) is 13.8 Å². The third kappa shape index (κ3) is 4.13. The highest BCUT2D eigenvalue weighted by atomic mass is 16.6. The highest BCUT2D eigenvalue weighted by molar-refractivity contribution is 5.90. The van der Waals surface area contributed by atoms with Crippen molar-refractivity contribution in [2.24, 2.45) is 0 Å². The molecule has 31 heavy (non-hydrogen) atoms. The van der Waals surface area contributed by atoms with Crippen molar-refractivity contribution >= 4 is 23.0 Å². The van der Waals surface area contributed by atoms with Gasteiger partial charge >= 0.3 is 0 Å². The Bertz CT molecular complexity index is 1270. The number of nitro benzene ring substituents is 2. The molecule has 156 valence electrons. The van der Waals surface area contributed by atoms with E-state index in [9.17, 15) is 25.5 Å². The molecule has 0 spiro atoms. The van der Waals surface area contributed by atoms with Crippen molar-refractivity contribution in [2.75, 3.05) is 7.11 Å². The van der Waals surface area contributed by atoms with Crippen LogP contribution in [-0.4, -0.2) is 21.5 Å². The Kier molecular flexibility index (Phi) is 5.83. The number of aryl methyl sites for hydroxylation is 1. The van der Waals surface area contributed by atoms with E-state index >= 15 is 0 Å². The molecule has 0 fully saturated rings. The summed E-state index contributed by atoms with van der Waals surface area (Å²) in [6.07, 6.45) is 1.64. The molecule has 9 nitrogen and oxygen atoms in total. The molecule has 0 bridgehead atoms. The summed E-state index contributed by atoms with van der Waals surface area (Å²) in [6.45, 7) is 3.65. The van der Waals surface area contributed by atoms with Crippen molar-refractivity contribution in [3.05, 3.63) is 91.3 Å². The maximum absolute atomic E-state index is 11.2. The Hall–Kier alpha value is -4.45. The molecule has 0 aliphatic heterocycles. The minimum atomic E-state index is -0.515. The highest BCUT2D eigenvalue weighted by Crippen LogP contribution is 2.32. The maximum Gasteiger partial charge on any atom is 0.271 e. The minimum Gasteiger partial charge on any atom is -0.495 e. The largest absolute Gasteiger partial charge is 0.495 e. The average molecular weight is 418 g/mol. The van der Waals surface area contributed by atoms with Crippen LogP contribution in [0.25, 0.3) is 17.3 Å². The van der Waals surface area contributed by atoms with Crippen molar-refractivity contribution in [3.8, 4) is 17.5 Å². The Morgan fingerprint density at radius 2 is 1.74 bits per heavy atom. The number of nitro groups is 2. The minimum absolute atomic E-state index is 0.0744. The van der Waals surface area contributed by atoms with Gasteiger partial charge in [-0.2, -0.15) is 5.26 Å². The van der Waals surface area contributed by atoms with E-state index in [4.69, 9.17) is 4.74 Å². The third-order valence-electron chi connectivity index (χ3n) is 4.87. The summed E-state index contributed by atoms with van der Waals surface area (Å²) < 4.78 is 7.19. The van der Waals surface area contributed by atoms with Crippen molar-refractivity contribution < 1.29 is 14.6 Å². The molecule has 0 saturated carbocycles. The normalized spacial score (nSPS) is 11.1. The zero-order valence-electron chi connectivity index (χ0n) is 17.0. The SMILES string of the molecule is COc1ccc([N+](=O)[O-])cc1-n1c(C)cc(/C=C(/C#N)c2cccc([N+](=O)[O-])c2)c1C. The van der Waals surface area contributed by atoms with Gasteiger partial charge in [-0.15, -0.1) is 0 Å². The summed E-state index contributed by atoms with van der Waals surface area (Å²) in [5, 5.41) is 31.9. The lowest BCUT2D eigenvalue weighted by Gasteiger charge is -2.14. The second-order valence-corrected chi connectivity index (χ2v) is 6.75.